The van der Waals surface area contributed by atoms with Crippen LogP contribution in [-0.4, -0.2) is 6.54 Å². The molecular weight excluding hydrogens is 134 g/mol. The molecule has 0 aromatic heterocycles. The van der Waals surface area contributed by atoms with Gasteiger partial charge in [0.1, 0.15) is 0 Å². The van der Waals surface area contributed by atoms with Gasteiger partial charge in [-0.15, -0.1) is 0 Å². The van der Waals surface area contributed by atoms with Gasteiger partial charge in [-0.05, 0) is 37.1 Å². The molecule has 1 saturated carbocycles. The molecule has 0 spiro atoms. The minimum absolute atomic E-state index is 0.881. The van der Waals surface area contributed by atoms with Crippen LogP contribution in [0.5, 0.6) is 0 Å². The molecule has 1 rings (SSSR count). The molecule has 0 saturated heterocycles. The molecule has 2 unspecified atom stereocenters. The van der Waals surface area contributed by atoms with Gasteiger partial charge in [0.15, 0.2) is 0 Å². The summed E-state index contributed by atoms with van der Waals surface area (Å²) in [6, 6.07) is 0. The Kier molecular flexibility index (Phi) is 3.38. The fourth-order valence-electron chi connectivity index (χ4n) is 2.16. The van der Waals surface area contributed by atoms with E-state index in [2.05, 4.69) is 13.8 Å². The second-order valence-corrected chi connectivity index (χ2v) is 4.21. The van der Waals surface area contributed by atoms with Crippen molar-refractivity contribution in [2.45, 2.75) is 39.5 Å². The lowest BCUT2D eigenvalue weighted by atomic mass is 9.75. The van der Waals surface area contributed by atoms with Gasteiger partial charge in [0, 0.05) is 0 Å². The van der Waals surface area contributed by atoms with Crippen LogP contribution in [0.4, 0.5) is 0 Å². The van der Waals surface area contributed by atoms with Gasteiger partial charge in [0.05, 0.1) is 0 Å². The summed E-state index contributed by atoms with van der Waals surface area (Å²) in [5, 5.41) is 0. The molecule has 0 radical (unpaired) electrons. The van der Waals surface area contributed by atoms with Crippen molar-refractivity contribution in [3.8, 4) is 0 Å². The van der Waals surface area contributed by atoms with E-state index in [0.29, 0.717) is 0 Å². The summed E-state index contributed by atoms with van der Waals surface area (Å²) in [6.07, 6.45) is 5.50. The van der Waals surface area contributed by atoms with E-state index in [1.165, 1.54) is 25.7 Å². The molecule has 0 amide bonds. The van der Waals surface area contributed by atoms with Crippen LogP contribution in [0.25, 0.3) is 0 Å². The Hall–Kier alpha value is -0.0400. The summed E-state index contributed by atoms with van der Waals surface area (Å²) in [4.78, 5) is 0. The van der Waals surface area contributed by atoms with Gasteiger partial charge in [0.25, 0.3) is 0 Å². The third kappa shape index (κ3) is 2.48. The monoisotopic (exact) mass is 155 g/mol. The highest BCUT2D eigenvalue weighted by atomic mass is 14.5. The first-order valence-electron chi connectivity index (χ1n) is 4.94. The van der Waals surface area contributed by atoms with Gasteiger partial charge in [0.2, 0.25) is 0 Å². The molecule has 3 atom stereocenters. The largest absolute Gasteiger partial charge is 0.330 e. The van der Waals surface area contributed by atoms with Crippen LogP contribution < -0.4 is 5.73 Å². The zero-order valence-electron chi connectivity index (χ0n) is 7.84. The summed E-state index contributed by atoms with van der Waals surface area (Å²) in [5.41, 5.74) is 5.54. The Balaban J connectivity index is 2.28. The van der Waals surface area contributed by atoms with Crippen LogP contribution in [0.2, 0.25) is 0 Å². The first kappa shape index (κ1) is 9.05. The van der Waals surface area contributed by atoms with E-state index in [-0.39, 0.29) is 0 Å². The molecule has 1 fully saturated rings. The quantitative estimate of drug-likeness (QED) is 0.651. The summed E-state index contributed by atoms with van der Waals surface area (Å²) in [7, 11) is 0. The Morgan fingerprint density at radius 1 is 1.18 bits per heavy atom. The highest BCUT2D eigenvalue weighted by Gasteiger charge is 2.23. The van der Waals surface area contributed by atoms with Crippen LogP contribution >= 0.6 is 0 Å². The second-order valence-electron chi connectivity index (χ2n) is 4.21. The van der Waals surface area contributed by atoms with Crippen molar-refractivity contribution in [2.75, 3.05) is 6.54 Å². The molecule has 1 aliphatic rings. The van der Waals surface area contributed by atoms with Crippen molar-refractivity contribution in [3.05, 3.63) is 0 Å². The number of hydrogen-bond donors (Lipinski definition) is 1. The summed E-state index contributed by atoms with van der Waals surface area (Å²) in [5.74, 6) is 2.82. The van der Waals surface area contributed by atoms with Crippen molar-refractivity contribution in [1.82, 2.24) is 0 Å². The van der Waals surface area contributed by atoms with Crippen LogP contribution in [0.1, 0.15) is 39.5 Å². The standard InChI is InChI=1S/C10H21N/c1-8-3-4-10(5-6-11)7-9(8)2/h8-10H,3-7,11H2,1-2H3/t8-,9?,10?/m1/s1. The van der Waals surface area contributed by atoms with E-state index < -0.39 is 0 Å². The Morgan fingerprint density at radius 3 is 2.45 bits per heavy atom. The van der Waals surface area contributed by atoms with Crippen molar-refractivity contribution >= 4 is 0 Å². The van der Waals surface area contributed by atoms with Crippen LogP contribution in [0.3, 0.4) is 0 Å². The fourth-order valence-corrected chi connectivity index (χ4v) is 2.16. The van der Waals surface area contributed by atoms with E-state index in [9.17, 15) is 0 Å². The summed E-state index contributed by atoms with van der Waals surface area (Å²) in [6.45, 7) is 5.64. The van der Waals surface area contributed by atoms with Crippen LogP contribution in [0, 0.1) is 17.8 Å². The second kappa shape index (κ2) is 4.10. The van der Waals surface area contributed by atoms with Crippen molar-refractivity contribution in [3.63, 3.8) is 0 Å². The highest BCUT2D eigenvalue weighted by Crippen LogP contribution is 2.34. The van der Waals surface area contributed by atoms with E-state index in [0.717, 1.165) is 24.3 Å². The normalized spacial score (nSPS) is 39.0. The van der Waals surface area contributed by atoms with Gasteiger partial charge >= 0.3 is 0 Å². The summed E-state index contributed by atoms with van der Waals surface area (Å²) < 4.78 is 0. The SMILES string of the molecule is CC1CC(CCN)CC[C@H]1C. The molecule has 11 heavy (non-hydrogen) atoms. The number of hydrogen-bond acceptors (Lipinski definition) is 1. The third-order valence-corrected chi connectivity index (χ3v) is 3.28. The van der Waals surface area contributed by atoms with Crippen molar-refractivity contribution in [2.24, 2.45) is 23.5 Å². The molecular formula is C10H21N. The predicted octanol–water partition coefficient (Wildman–Crippen LogP) is 2.41. The molecule has 0 aromatic carbocycles. The van der Waals surface area contributed by atoms with Gasteiger partial charge in [-0.1, -0.05) is 26.7 Å². The van der Waals surface area contributed by atoms with E-state index >= 15 is 0 Å². The zero-order valence-corrected chi connectivity index (χ0v) is 7.84. The average Bonchev–Trinajstić information content (AvgIpc) is 1.98. The van der Waals surface area contributed by atoms with Gasteiger partial charge in [-0.25, -0.2) is 0 Å². The van der Waals surface area contributed by atoms with E-state index in [1.54, 1.807) is 0 Å². The molecule has 1 nitrogen and oxygen atoms in total. The molecule has 0 heterocycles. The fraction of sp³-hybridized carbons (Fsp3) is 1.00. The Bertz CT molecular complexity index is 111. The third-order valence-electron chi connectivity index (χ3n) is 3.28. The maximum Gasteiger partial charge on any atom is -0.00746 e. The molecule has 0 bridgehead atoms. The predicted molar refractivity (Wildman–Crippen MR) is 49.3 cm³/mol. The highest BCUT2D eigenvalue weighted by molar-refractivity contribution is 4.75. The maximum absolute atomic E-state index is 5.54. The minimum Gasteiger partial charge on any atom is -0.330 e. The van der Waals surface area contributed by atoms with E-state index in [1.807, 2.05) is 0 Å². The lowest BCUT2D eigenvalue weighted by Gasteiger charge is -2.31. The minimum atomic E-state index is 0.881. The first-order chi connectivity index (χ1) is 5.24. The smallest absolute Gasteiger partial charge is 0.00746 e. The molecule has 66 valence electrons. The summed E-state index contributed by atoms with van der Waals surface area (Å²) >= 11 is 0. The van der Waals surface area contributed by atoms with Crippen molar-refractivity contribution in [1.29, 1.82) is 0 Å². The average molecular weight is 155 g/mol. The van der Waals surface area contributed by atoms with Gasteiger partial charge in [-0.3, -0.25) is 0 Å². The number of nitrogens with two attached hydrogens (primary N) is 1. The Labute approximate surface area is 70.4 Å². The molecule has 1 heteroatoms. The lowest BCUT2D eigenvalue weighted by Crippen LogP contribution is -2.22. The van der Waals surface area contributed by atoms with Crippen molar-refractivity contribution < 1.29 is 0 Å². The zero-order chi connectivity index (χ0) is 8.27. The van der Waals surface area contributed by atoms with E-state index in [4.69, 9.17) is 5.73 Å². The topological polar surface area (TPSA) is 26.0 Å². The molecule has 0 aromatic rings. The number of rotatable bonds is 2. The van der Waals surface area contributed by atoms with Gasteiger partial charge in [-0.2, -0.15) is 0 Å². The van der Waals surface area contributed by atoms with Gasteiger partial charge < -0.3 is 5.73 Å². The molecule has 0 aliphatic heterocycles. The first-order valence-corrected chi connectivity index (χ1v) is 4.94. The molecule has 2 N–H and O–H groups in total. The maximum atomic E-state index is 5.54. The lowest BCUT2D eigenvalue weighted by molar-refractivity contribution is 0.202. The Morgan fingerprint density at radius 2 is 1.91 bits per heavy atom. The molecule has 1 aliphatic carbocycles. The van der Waals surface area contributed by atoms with Crippen LogP contribution in [-0.2, 0) is 0 Å². The van der Waals surface area contributed by atoms with Crippen LogP contribution in [0.15, 0.2) is 0 Å².